The van der Waals surface area contributed by atoms with Crippen LogP contribution in [0.5, 0.6) is 11.5 Å². The number of benzene rings is 3. The maximum Gasteiger partial charge on any atom is 0.174 e. The molecule has 0 fully saturated rings. The molecule has 0 unspecified atom stereocenters. The SMILES string of the molecule is COc1cc(CNc2ccc(Cl)cc2Cl)cc(I)c1OCc1ccc(Cl)cc1Cl. The smallest absolute Gasteiger partial charge is 0.174 e. The number of anilines is 1. The average Bonchev–Trinajstić information content (AvgIpc) is 2.67. The second kappa shape index (κ2) is 10.3. The topological polar surface area (TPSA) is 30.5 Å². The first-order valence-corrected chi connectivity index (χ1v) is 11.1. The highest BCUT2D eigenvalue weighted by atomic mass is 127. The predicted molar refractivity (Wildman–Crippen MR) is 130 cm³/mol. The number of rotatable bonds is 7. The Hall–Kier alpha value is -1.05. The largest absolute Gasteiger partial charge is 0.493 e. The van der Waals surface area contributed by atoms with E-state index >= 15 is 0 Å². The lowest BCUT2D eigenvalue weighted by Gasteiger charge is -2.16. The number of hydrogen-bond donors (Lipinski definition) is 1. The van der Waals surface area contributed by atoms with Gasteiger partial charge in [-0.15, -0.1) is 0 Å². The van der Waals surface area contributed by atoms with E-state index in [9.17, 15) is 0 Å². The zero-order valence-corrected chi connectivity index (χ0v) is 20.4. The molecule has 3 rings (SSSR count). The number of methoxy groups -OCH3 is 1. The van der Waals surface area contributed by atoms with Crippen molar-refractivity contribution in [1.82, 2.24) is 0 Å². The fourth-order valence-corrected chi connectivity index (χ4v) is 4.39. The molecule has 0 saturated carbocycles. The third-order valence-corrected chi connectivity index (χ3v) is 6.03. The summed E-state index contributed by atoms with van der Waals surface area (Å²) in [6, 6.07) is 14.6. The van der Waals surface area contributed by atoms with Crippen molar-refractivity contribution in [3.05, 3.63) is 83.3 Å². The molecule has 152 valence electrons. The molecule has 0 atom stereocenters. The second-order valence-corrected chi connectivity index (χ2v) is 8.96. The Balaban J connectivity index is 1.74. The van der Waals surface area contributed by atoms with Crippen LogP contribution in [-0.4, -0.2) is 7.11 Å². The Kier molecular flexibility index (Phi) is 8.05. The zero-order chi connectivity index (χ0) is 21.0. The Morgan fingerprint density at radius 1 is 0.897 bits per heavy atom. The number of ether oxygens (including phenoxy) is 2. The summed E-state index contributed by atoms with van der Waals surface area (Å²) >= 11 is 26.6. The zero-order valence-electron chi connectivity index (χ0n) is 15.2. The van der Waals surface area contributed by atoms with Crippen molar-refractivity contribution < 1.29 is 9.47 Å². The minimum absolute atomic E-state index is 0.306. The van der Waals surface area contributed by atoms with Crippen molar-refractivity contribution in [2.45, 2.75) is 13.2 Å². The van der Waals surface area contributed by atoms with Crippen LogP contribution in [0.2, 0.25) is 20.1 Å². The average molecular weight is 583 g/mol. The molecule has 0 spiro atoms. The van der Waals surface area contributed by atoms with Crippen LogP contribution < -0.4 is 14.8 Å². The lowest BCUT2D eigenvalue weighted by molar-refractivity contribution is 0.282. The summed E-state index contributed by atoms with van der Waals surface area (Å²) in [5.41, 5.74) is 2.67. The highest BCUT2D eigenvalue weighted by Crippen LogP contribution is 2.36. The molecule has 1 N–H and O–H groups in total. The molecule has 0 saturated heterocycles. The van der Waals surface area contributed by atoms with Gasteiger partial charge >= 0.3 is 0 Å². The lowest BCUT2D eigenvalue weighted by Crippen LogP contribution is -2.04. The fraction of sp³-hybridized carbons (Fsp3) is 0.143. The molecule has 0 aliphatic carbocycles. The van der Waals surface area contributed by atoms with Crippen LogP contribution in [0.1, 0.15) is 11.1 Å². The molecule has 0 bridgehead atoms. The van der Waals surface area contributed by atoms with Crippen LogP contribution in [0, 0.1) is 3.57 Å². The normalized spacial score (nSPS) is 10.7. The van der Waals surface area contributed by atoms with E-state index in [1.165, 1.54) is 0 Å². The first-order valence-electron chi connectivity index (χ1n) is 8.49. The molecule has 0 aliphatic heterocycles. The van der Waals surface area contributed by atoms with Gasteiger partial charge in [0.1, 0.15) is 6.61 Å². The quantitative estimate of drug-likeness (QED) is 0.286. The summed E-state index contributed by atoms with van der Waals surface area (Å²) in [6.07, 6.45) is 0. The minimum atomic E-state index is 0.306. The molecule has 3 aromatic rings. The number of hydrogen-bond acceptors (Lipinski definition) is 3. The third kappa shape index (κ3) is 5.98. The van der Waals surface area contributed by atoms with Crippen molar-refractivity contribution in [3.63, 3.8) is 0 Å². The van der Waals surface area contributed by atoms with Gasteiger partial charge in [-0.2, -0.15) is 0 Å². The van der Waals surface area contributed by atoms with Gasteiger partial charge in [0.2, 0.25) is 0 Å². The van der Waals surface area contributed by atoms with Crippen molar-refractivity contribution in [2.75, 3.05) is 12.4 Å². The van der Waals surface area contributed by atoms with Gasteiger partial charge in [0, 0.05) is 27.2 Å². The first-order chi connectivity index (χ1) is 13.9. The van der Waals surface area contributed by atoms with E-state index in [0.29, 0.717) is 44.7 Å². The molecule has 3 aromatic carbocycles. The molecule has 0 heterocycles. The van der Waals surface area contributed by atoms with Crippen LogP contribution in [0.4, 0.5) is 5.69 Å². The van der Waals surface area contributed by atoms with Gasteiger partial charge in [-0.25, -0.2) is 0 Å². The van der Waals surface area contributed by atoms with E-state index in [2.05, 4.69) is 27.9 Å². The summed E-state index contributed by atoms with van der Waals surface area (Å²) in [5, 5.41) is 5.62. The van der Waals surface area contributed by atoms with E-state index in [1.54, 1.807) is 31.4 Å². The van der Waals surface area contributed by atoms with Gasteiger partial charge in [0.25, 0.3) is 0 Å². The third-order valence-electron chi connectivity index (χ3n) is 4.09. The van der Waals surface area contributed by atoms with Crippen LogP contribution in [0.15, 0.2) is 48.5 Å². The summed E-state index contributed by atoms with van der Waals surface area (Å²) in [7, 11) is 1.61. The lowest BCUT2D eigenvalue weighted by atomic mass is 10.2. The maximum atomic E-state index is 6.23. The summed E-state index contributed by atoms with van der Waals surface area (Å²) in [4.78, 5) is 0. The van der Waals surface area contributed by atoms with Crippen molar-refractivity contribution in [2.24, 2.45) is 0 Å². The standard InChI is InChI=1S/C21H16Cl4INO2/c1-28-20-7-12(10-27-19-5-4-15(23)9-17(19)25)6-18(26)21(20)29-11-13-2-3-14(22)8-16(13)24/h2-9,27H,10-11H2,1H3. The van der Waals surface area contributed by atoms with Gasteiger partial charge in [0.15, 0.2) is 11.5 Å². The highest BCUT2D eigenvalue weighted by Gasteiger charge is 2.13. The molecule has 29 heavy (non-hydrogen) atoms. The molecule has 0 aliphatic rings. The maximum absolute atomic E-state index is 6.23. The Labute approximate surface area is 203 Å². The Bertz CT molecular complexity index is 1030. The Morgan fingerprint density at radius 3 is 2.24 bits per heavy atom. The van der Waals surface area contributed by atoms with E-state index in [0.717, 1.165) is 20.4 Å². The predicted octanol–water partition coefficient (Wildman–Crippen LogP) is 8.10. The molecule has 8 heteroatoms. The van der Waals surface area contributed by atoms with E-state index < -0.39 is 0 Å². The molecular formula is C21H16Cl4INO2. The van der Waals surface area contributed by atoms with Crippen molar-refractivity contribution in [1.29, 1.82) is 0 Å². The van der Waals surface area contributed by atoms with Gasteiger partial charge in [-0.05, 0) is 70.6 Å². The van der Waals surface area contributed by atoms with Gasteiger partial charge < -0.3 is 14.8 Å². The Morgan fingerprint density at radius 2 is 1.59 bits per heavy atom. The van der Waals surface area contributed by atoms with Gasteiger partial charge in [-0.3, -0.25) is 0 Å². The highest BCUT2D eigenvalue weighted by molar-refractivity contribution is 14.1. The van der Waals surface area contributed by atoms with Gasteiger partial charge in [0.05, 0.1) is 21.4 Å². The van der Waals surface area contributed by atoms with E-state index in [4.69, 9.17) is 55.9 Å². The molecule has 0 radical (unpaired) electrons. The number of nitrogens with one attached hydrogen (secondary N) is 1. The minimum Gasteiger partial charge on any atom is -0.493 e. The van der Waals surface area contributed by atoms with Crippen LogP contribution in [0.25, 0.3) is 0 Å². The van der Waals surface area contributed by atoms with Gasteiger partial charge in [-0.1, -0.05) is 52.5 Å². The first kappa shape index (κ1) is 22.6. The van der Waals surface area contributed by atoms with Crippen LogP contribution in [-0.2, 0) is 13.2 Å². The summed E-state index contributed by atoms with van der Waals surface area (Å²) in [6.45, 7) is 0.872. The van der Waals surface area contributed by atoms with Crippen molar-refractivity contribution in [3.8, 4) is 11.5 Å². The molecule has 0 amide bonds. The van der Waals surface area contributed by atoms with E-state index in [1.807, 2.05) is 24.3 Å². The van der Waals surface area contributed by atoms with Crippen molar-refractivity contribution >= 4 is 74.7 Å². The number of halogens is 5. The monoisotopic (exact) mass is 581 g/mol. The molecule has 3 nitrogen and oxygen atoms in total. The summed E-state index contributed by atoms with van der Waals surface area (Å²) < 4.78 is 12.5. The fourth-order valence-electron chi connectivity index (χ4n) is 2.63. The van der Waals surface area contributed by atoms with Crippen LogP contribution in [0.3, 0.4) is 0 Å². The second-order valence-electron chi connectivity index (χ2n) is 6.11. The molecule has 0 aromatic heterocycles. The molecular weight excluding hydrogens is 567 g/mol. The van der Waals surface area contributed by atoms with E-state index in [-0.39, 0.29) is 0 Å². The summed E-state index contributed by atoms with van der Waals surface area (Å²) in [5.74, 6) is 1.30. The van der Waals surface area contributed by atoms with Crippen LogP contribution >= 0.6 is 69.0 Å².